The van der Waals surface area contributed by atoms with Crippen LogP contribution in [0.4, 0.5) is 5.69 Å². The first kappa shape index (κ1) is 19.3. The van der Waals surface area contributed by atoms with Crippen LogP contribution in [0.2, 0.25) is 5.02 Å². The molecule has 4 rings (SSSR count). The molecule has 0 aromatic heterocycles. The number of carbonyl (C=O) groups excluding carboxylic acids is 1. The van der Waals surface area contributed by atoms with Crippen LogP contribution in [0.5, 0.6) is 5.75 Å². The van der Waals surface area contributed by atoms with Crippen LogP contribution in [-0.2, 0) is 4.79 Å². The molecular weight excluding hydrogens is 384 g/mol. The minimum absolute atomic E-state index is 0.00618. The number of hydrogen-bond acceptors (Lipinski definition) is 3. The van der Waals surface area contributed by atoms with Gasteiger partial charge in [-0.3, -0.25) is 4.79 Å². The Morgan fingerprint density at radius 1 is 0.828 bits per heavy atom. The number of amides is 1. The van der Waals surface area contributed by atoms with Crippen LogP contribution in [0, 0.1) is 0 Å². The molecule has 1 amide bonds. The molecule has 3 aromatic carbocycles. The largest absolute Gasteiger partial charge is 0.483 e. The van der Waals surface area contributed by atoms with Crippen molar-refractivity contribution in [3.05, 3.63) is 83.9 Å². The summed E-state index contributed by atoms with van der Waals surface area (Å²) in [4.78, 5) is 16.8. The van der Waals surface area contributed by atoms with Crippen molar-refractivity contribution >= 4 is 23.2 Å². The third-order valence-corrected chi connectivity index (χ3v) is 5.47. The Morgan fingerprint density at radius 2 is 1.48 bits per heavy atom. The van der Waals surface area contributed by atoms with Crippen molar-refractivity contribution < 1.29 is 9.53 Å². The number of carbonyl (C=O) groups is 1. The van der Waals surface area contributed by atoms with Crippen molar-refractivity contribution in [1.82, 2.24) is 4.90 Å². The number of benzene rings is 3. The third-order valence-electron chi connectivity index (χ3n) is 5.15. The van der Waals surface area contributed by atoms with Gasteiger partial charge in [0.2, 0.25) is 0 Å². The minimum atomic E-state index is 0.00618. The lowest BCUT2D eigenvalue weighted by Crippen LogP contribution is -2.50. The number of para-hydroxylation sites is 2. The molecule has 1 aliphatic rings. The van der Waals surface area contributed by atoms with E-state index in [4.69, 9.17) is 16.3 Å². The molecule has 1 heterocycles. The van der Waals surface area contributed by atoms with Gasteiger partial charge >= 0.3 is 0 Å². The van der Waals surface area contributed by atoms with E-state index in [-0.39, 0.29) is 12.5 Å². The van der Waals surface area contributed by atoms with Gasteiger partial charge in [-0.25, -0.2) is 0 Å². The van der Waals surface area contributed by atoms with Gasteiger partial charge < -0.3 is 14.5 Å². The van der Waals surface area contributed by atoms with Gasteiger partial charge in [0.05, 0.1) is 10.7 Å². The zero-order chi connectivity index (χ0) is 20.1. The highest BCUT2D eigenvalue weighted by molar-refractivity contribution is 6.33. The van der Waals surface area contributed by atoms with Crippen LogP contribution in [0.15, 0.2) is 78.9 Å². The van der Waals surface area contributed by atoms with Crippen LogP contribution >= 0.6 is 11.6 Å². The number of hydrogen-bond donors (Lipinski definition) is 0. The predicted molar refractivity (Wildman–Crippen MR) is 118 cm³/mol. The Hall–Kier alpha value is -2.98. The lowest BCUT2D eigenvalue weighted by molar-refractivity contribution is -0.133. The molecule has 3 aromatic rings. The lowest BCUT2D eigenvalue weighted by Gasteiger charge is -2.36. The fourth-order valence-electron chi connectivity index (χ4n) is 3.58. The van der Waals surface area contributed by atoms with Crippen molar-refractivity contribution in [3.63, 3.8) is 0 Å². The highest BCUT2D eigenvalue weighted by atomic mass is 35.5. The van der Waals surface area contributed by atoms with Crippen molar-refractivity contribution in [2.45, 2.75) is 0 Å². The normalized spacial score (nSPS) is 14.0. The molecule has 29 heavy (non-hydrogen) atoms. The van der Waals surface area contributed by atoms with Crippen LogP contribution in [-0.4, -0.2) is 43.6 Å². The SMILES string of the molecule is O=C(COc1ccccc1-c1ccccc1)N1CCN(c2ccccc2Cl)CC1. The molecule has 0 N–H and O–H groups in total. The van der Waals surface area contributed by atoms with E-state index in [0.29, 0.717) is 13.1 Å². The maximum Gasteiger partial charge on any atom is 0.260 e. The average Bonchev–Trinajstić information content (AvgIpc) is 2.79. The van der Waals surface area contributed by atoms with E-state index in [1.807, 2.05) is 83.8 Å². The molecule has 0 atom stereocenters. The van der Waals surface area contributed by atoms with E-state index in [0.717, 1.165) is 40.7 Å². The van der Waals surface area contributed by atoms with Crippen LogP contribution in [0.1, 0.15) is 0 Å². The second-order valence-electron chi connectivity index (χ2n) is 6.97. The van der Waals surface area contributed by atoms with Crippen LogP contribution in [0.3, 0.4) is 0 Å². The number of piperazine rings is 1. The Labute approximate surface area is 176 Å². The number of anilines is 1. The number of halogens is 1. The predicted octanol–water partition coefficient (Wildman–Crippen LogP) is 4.73. The summed E-state index contributed by atoms with van der Waals surface area (Å²) in [6, 6.07) is 25.7. The Kier molecular flexibility index (Phi) is 6.01. The first-order valence-electron chi connectivity index (χ1n) is 9.77. The van der Waals surface area contributed by atoms with Gasteiger partial charge in [0, 0.05) is 31.7 Å². The van der Waals surface area contributed by atoms with Gasteiger partial charge in [-0.15, -0.1) is 0 Å². The fourth-order valence-corrected chi connectivity index (χ4v) is 3.84. The molecule has 0 bridgehead atoms. The van der Waals surface area contributed by atoms with Gasteiger partial charge in [-0.05, 0) is 23.8 Å². The summed E-state index contributed by atoms with van der Waals surface area (Å²) in [7, 11) is 0. The fraction of sp³-hybridized carbons (Fsp3) is 0.208. The van der Waals surface area contributed by atoms with Gasteiger partial charge in [0.15, 0.2) is 6.61 Å². The van der Waals surface area contributed by atoms with Crippen LogP contribution < -0.4 is 9.64 Å². The second-order valence-corrected chi connectivity index (χ2v) is 7.38. The molecule has 0 aliphatic carbocycles. The molecule has 5 heteroatoms. The lowest BCUT2D eigenvalue weighted by atomic mass is 10.1. The molecule has 0 unspecified atom stereocenters. The van der Waals surface area contributed by atoms with Crippen molar-refractivity contribution in [3.8, 4) is 16.9 Å². The quantitative estimate of drug-likeness (QED) is 0.613. The molecule has 1 saturated heterocycles. The van der Waals surface area contributed by atoms with Crippen LogP contribution in [0.25, 0.3) is 11.1 Å². The standard InChI is InChI=1S/C24H23ClN2O2/c25-21-11-5-6-12-22(21)26-14-16-27(17-15-26)24(28)18-29-23-13-7-4-10-20(23)19-8-2-1-3-9-19/h1-13H,14-18H2. The molecule has 0 saturated carbocycles. The summed E-state index contributed by atoms with van der Waals surface area (Å²) in [5, 5.41) is 0.744. The van der Waals surface area contributed by atoms with Gasteiger partial charge in [0.25, 0.3) is 5.91 Å². The highest BCUT2D eigenvalue weighted by Crippen LogP contribution is 2.30. The summed E-state index contributed by atoms with van der Waals surface area (Å²) in [6.45, 7) is 2.88. The van der Waals surface area contributed by atoms with Crippen molar-refractivity contribution in [2.24, 2.45) is 0 Å². The molecule has 148 valence electrons. The topological polar surface area (TPSA) is 32.8 Å². The zero-order valence-corrected chi connectivity index (χ0v) is 16.9. The summed E-state index contributed by atoms with van der Waals surface area (Å²) < 4.78 is 5.91. The molecular formula is C24H23ClN2O2. The Balaban J connectivity index is 1.35. The van der Waals surface area contributed by atoms with E-state index in [9.17, 15) is 4.79 Å². The highest BCUT2D eigenvalue weighted by Gasteiger charge is 2.22. The number of ether oxygens (including phenoxy) is 1. The number of rotatable bonds is 5. The van der Waals surface area contributed by atoms with Gasteiger partial charge in [-0.2, -0.15) is 0 Å². The van der Waals surface area contributed by atoms with Gasteiger partial charge in [0.1, 0.15) is 5.75 Å². The Bertz CT molecular complexity index is 969. The smallest absolute Gasteiger partial charge is 0.260 e. The van der Waals surface area contributed by atoms with E-state index in [1.54, 1.807) is 0 Å². The Morgan fingerprint density at radius 3 is 2.24 bits per heavy atom. The van der Waals surface area contributed by atoms with Crippen molar-refractivity contribution in [2.75, 3.05) is 37.7 Å². The summed E-state index contributed by atoms with van der Waals surface area (Å²) in [5.41, 5.74) is 3.09. The zero-order valence-electron chi connectivity index (χ0n) is 16.1. The van der Waals surface area contributed by atoms with E-state index in [2.05, 4.69) is 4.90 Å². The maximum atomic E-state index is 12.7. The third kappa shape index (κ3) is 4.54. The van der Waals surface area contributed by atoms with Gasteiger partial charge in [-0.1, -0.05) is 72.3 Å². The summed E-state index contributed by atoms with van der Waals surface area (Å²) in [5.74, 6) is 0.730. The molecule has 1 fully saturated rings. The first-order chi connectivity index (χ1) is 14.2. The van der Waals surface area contributed by atoms with E-state index in [1.165, 1.54) is 0 Å². The van der Waals surface area contributed by atoms with Crippen molar-refractivity contribution in [1.29, 1.82) is 0 Å². The molecule has 4 nitrogen and oxygen atoms in total. The molecule has 1 aliphatic heterocycles. The molecule has 0 radical (unpaired) electrons. The summed E-state index contributed by atoms with van der Waals surface area (Å²) in [6.07, 6.45) is 0. The second kappa shape index (κ2) is 9.01. The average molecular weight is 407 g/mol. The van der Waals surface area contributed by atoms with E-state index >= 15 is 0 Å². The number of nitrogens with zero attached hydrogens (tertiary/aromatic N) is 2. The maximum absolute atomic E-state index is 12.7. The van der Waals surface area contributed by atoms with E-state index < -0.39 is 0 Å². The monoisotopic (exact) mass is 406 g/mol. The summed E-state index contributed by atoms with van der Waals surface area (Å²) >= 11 is 6.30. The minimum Gasteiger partial charge on any atom is -0.483 e. The first-order valence-corrected chi connectivity index (χ1v) is 10.1. The molecule has 0 spiro atoms.